The van der Waals surface area contributed by atoms with Crippen LogP contribution in [-0.4, -0.2) is 24.1 Å². The summed E-state index contributed by atoms with van der Waals surface area (Å²) in [7, 11) is 2.85. The highest BCUT2D eigenvalue weighted by Gasteiger charge is 2.36. The van der Waals surface area contributed by atoms with Crippen molar-refractivity contribution in [2.45, 2.75) is 32.4 Å². The van der Waals surface area contributed by atoms with Crippen molar-refractivity contribution in [3.63, 3.8) is 0 Å². The zero-order valence-corrected chi connectivity index (χ0v) is 14.1. The molecule has 1 unspecified atom stereocenters. The van der Waals surface area contributed by atoms with Crippen LogP contribution < -0.4 is 9.64 Å². The lowest BCUT2D eigenvalue weighted by Crippen LogP contribution is -2.19. The Labute approximate surface area is 139 Å². The van der Waals surface area contributed by atoms with Gasteiger partial charge in [0.15, 0.2) is 5.82 Å². The molecule has 7 heteroatoms. The van der Waals surface area contributed by atoms with Gasteiger partial charge in [-0.2, -0.15) is 18.2 Å². The molecule has 0 N–H and O–H groups in total. The minimum atomic E-state index is -4.55. The smallest absolute Gasteiger partial charge is 0.421 e. The number of nitrogens with zero attached hydrogens (tertiary/aromatic N) is 3. The number of benzene rings is 1. The monoisotopic (exact) mass is 339 g/mol. The lowest BCUT2D eigenvalue weighted by atomic mass is 9.98. The van der Waals surface area contributed by atoms with Crippen molar-refractivity contribution >= 4 is 11.5 Å². The average molecular weight is 339 g/mol. The summed E-state index contributed by atoms with van der Waals surface area (Å²) in [4.78, 5) is 8.83. The summed E-state index contributed by atoms with van der Waals surface area (Å²) >= 11 is 0. The van der Waals surface area contributed by atoms with Crippen LogP contribution in [0.3, 0.4) is 0 Å². The number of ether oxygens (including phenoxy) is 1. The predicted molar refractivity (Wildman–Crippen MR) is 86.8 cm³/mol. The molecule has 0 bridgehead atoms. The highest BCUT2D eigenvalue weighted by Crippen LogP contribution is 2.37. The summed E-state index contributed by atoms with van der Waals surface area (Å²) in [5.41, 5.74) is 0.844. The van der Waals surface area contributed by atoms with E-state index in [9.17, 15) is 13.2 Å². The average Bonchev–Trinajstić information content (AvgIpc) is 2.59. The third-order valence-electron chi connectivity index (χ3n) is 4.01. The summed E-state index contributed by atoms with van der Waals surface area (Å²) in [6.45, 7) is 4.20. The number of anilines is 2. The van der Waals surface area contributed by atoms with Crippen LogP contribution in [0.5, 0.6) is 6.01 Å². The first kappa shape index (κ1) is 18.0. The molecular weight excluding hydrogens is 319 g/mol. The number of halogens is 3. The second kappa shape index (κ2) is 7.07. The fourth-order valence-corrected chi connectivity index (χ4v) is 2.30. The number of rotatable bonds is 5. The van der Waals surface area contributed by atoms with Gasteiger partial charge in [0.05, 0.1) is 7.11 Å². The molecular formula is C17H20F3N3O. The van der Waals surface area contributed by atoms with E-state index in [1.807, 2.05) is 12.1 Å². The van der Waals surface area contributed by atoms with Crippen molar-refractivity contribution in [3.05, 3.63) is 41.6 Å². The van der Waals surface area contributed by atoms with Crippen LogP contribution >= 0.6 is 0 Å². The van der Waals surface area contributed by atoms with Gasteiger partial charge < -0.3 is 9.64 Å². The molecule has 0 aliphatic heterocycles. The van der Waals surface area contributed by atoms with Gasteiger partial charge in [-0.3, -0.25) is 0 Å². The van der Waals surface area contributed by atoms with Gasteiger partial charge in [-0.1, -0.05) is 26.0 Å². The van der Waals surface area contributed by atoms with Crippen molar-refractivity contribution < 1.29 is 17.9 Å². The number of hydrogen-bond acceptors (Lipinski definition) is 4. The van der Waals surface area contributed by atoms with Crippen LogP contribution in [0.25, 0.3) is 0 Å². The molecule has 0 amide bonds. The molecule has 2 rings (SSSR count). The zero-order chi connectivity index (χ0) is 17.9. The molecule has 1 aromatic carbocycles. The van der Waals surface area contributed by atoms with E-state index in [2.05, 4.69) is 23.8 Å². The van der Waals surface area contributed by atoms with Gasteiger partial charge in [-0.05, 0) is 30.0 Å². The molecule has 2 aromatic rings. The minimum absolute atomic E-state index is 0.110. The number of hydrogen-bond donors (Lipinski definition) is 0. The summed E-state index contributed by atoms with van der Waals surface area (Å²) in [5, 5.41) is 0. The quantitative estimate of drug-likeness (QED) is 0.785. The summed E-state index contributed by atoms with van der Waals surface area (Å²) in [6, 6.07) is 7.31. The van der Waals surface area contributed by atoms with Crippen LogP contribution in [0.2, 0.25) is 0 Å². The van der Waals surface area contributed by atoms with Gasteiger partial charge in [0.25, 0.3) is 0 Å². The lowest BCUT2D eigenvalue weighted by Gasteiger charge is -2.23. The molecule has 1 heterocycles. The minimum Gasteiger partial charge on any atom is -0.467 e. The molecule has 1 atom stereocenters. The van der Waals surface area contributed by atoms with Crippen molar-refractivity contribution in [1.82, 2.24) is 9.97 Å². The van der Waals surface area contributed by atoms with Crippen LogP contribution in [0.15, 0.2) is 30.5 Å². The Bertz CT molecular complexity index is 686. The Balaban J connectivity index is 2.43. The van der Waals surface area contributed by atoms with E-state index in [1.165, 1.54) is 19.1 Å². The first-order valence-corrected chi connectivity index (χ1v) is 7.59. The maximum atomic E-state index is 13.2. The molecule has 0 saturated carbocycles. The topological polar surface area (TPSA) is 38.2 Å². The third kappa shape index (κ3) is 3.77. The third-order valence-corrected chi connectivity index (χ3v) is 4.01. The fourth-order valence-electron chi connectivity index (χ4n) is 2.30. The van der Waals surface area contributed by atoms with E-state index in [0.717, 1.165) is 18.2 Å². The van der Waals surface area contributed by atoms with E-state index in [-0.39, 0.29) is 11.8 Å². The zero-order valence-electron chi connectivity index (χ0n) is 14.1. The van der Waals surface area contributed by atoms with Crippen LogP contribution in [0, 0.1) is 0 Å². The lowest BCUT2D eigenvalue weighted by molar-refractivity contribution is -0.137. The van der Waals surface area contributed by atoms with E-state index >= 15 is 0 Å². The van der Waals surface area contributed by atoms with Crippen molar-refractivity contribution in [2.75, 3.05) is 19.1 Å². The second-order valence-corrected chi connectivity index (χ2v) is 5.55. The second-order valence-electron chi connectivity index (χ2n) is 5.55. The highest BCUT2D eigenvalue weighted by molar-refractivity contribution is 5.63. The van der Waals surface area contributed by atoms with Crippen molar-refractivity contribution in [3.8, 4) is 6.01 Å². The van der Waals surface area contributed by atoms with Gasteiger partial charge in [0.1, 0.15) is 5.56 Å². The first-order chi connectivity index (χ1) is 11.3. The number of methoxy groups -OCH3 is 1. The molecule has 4 nitrogen and oxygen atoms in total. The Morgan fingerprint density at radius 2 is 1.83 bits per heavy atom. The summed E-state index contributed by atoms with van der Waals surface area (Å²) in [6.07, 6.45) is -2.81. The van der Waals surface area contributed by atoms with Gasteiger partial charge in [-0.25, -0.2) is 4.98 Å². The van der Waals surface area contributed by atoms with Gasteiger partial charge >= 0.3 is 12.2 Å². The standard InChI is InChI=1S/C17H20F3N3O/c1-5-11(2)12-6-8-13(9-7-12)23(3)15-14(17(18,19)20)10-21-16(22-15)24-4/h6-11H,5H2,1-4H3. The first-order valence-electron chi connectivity index (χ1n) is 7.59. The summed E-state index contributed by atoms with van der Waals surface area (Å²) < 4.78 is 44.5. The molecule has 1 aromatic heterocycles. The maximum absolute atomic E-state index is 13.2. The van der Waals surface area contributed by atoms with Crippen LogP contribution in [-0.2, 0) is 6.18 Å². The van der Waals surface area contributed by atoms with Crippen LogP contribution in [0.4, 0.5) is 24.7 Å². The molecule has 0 fully saturated rings. The van der Waals surface area contributed by atoms with Gasteiger partial charge in [0.2, 0.25) is 0 Å². The van der Waals surface area contributed by atoms with Gasteiger partial charge in [-0.15, -0.1) is 0 Å². The summed E-state index contributed by atoms with van der Waals surface area (Å²) in [5.74, 6) is 0.153. The largest absolute Gasteiger partial charge is 0.467 e. The molecule has 0 spiro atoms. The Morgan fingerprint density at radius 1 is 1.21 bits per heavy atom. The van der Waals surface area contributed by atoms with Crippen molar-refractivity contribution in [2.24, 2.45) is 0 Å². The molecule has 0 aliphatic rings. The van der Waals surface area contributed by atoms with E-state index < -0.39 is 11.7 Å². The van der Waals surface area contributed by atoms with Gasteiger partial charge in [0, 0.05) is 18.9 Å². The normalized spacial score (nSPS) is 12.8. The highest BCUT2D eigenvalue weighted by atomic mass is 19.4. The molecule has 24 heavy (non-hydrogen) atoms. The molecule has 130 valence electrons. The molecule has 0 aliphatic carbocycles. The Morgan fingerprint density at radius 3 is 2.33 bits per heavy atom. The molecule has 0 saturated heterocycles. The number of aromatic nitrogens is 2. The van der Waals surface area contributed by atoms with E-state index in [1.54, 1.807) is 12.1 Å². The van der Waals surface area contributed by atoms with Crippen molar-refractivity contribution in [1.29, 1.82) is 0 Å². The fraction of sp³-hybridized carbons (Fsp3) is 0.412. The SMILES string of the molecule is CCC(C)c1ccc(N(C)c2nc(OC)ncc2C(F)(F)F)cc1. The Kier molecular flexibility index (Phi) is 5.31. The Hall–Kier alpha value is -2.31. The van der Waals surface area contributed by atoms with E-state index in [4.69, 9.17) is 4.74 Å². The molecule has 0 radical (unpaired) electrons. The van der Waals surface area contributed by atoms with Crippen LogP contribution in [0.1, 0.15) is 37.3 Å². The predicted octanol–water partition coefficient (Wildman–Crippen LogP) is 4.79. The van der Waals surface area contributed by atoms with E-state index in [0.29, 0.717) is 11.6 Å². The number of alkyl halides is 3. The maximum Gasteiger partial charge on any atom is 0.421 e.